The molecule has 0 radical (unpaired) electrons. The Morgan fingerprint density at radius 2 is 2.09 bits per heavy atom. The maximum Gasteiger partial charge on any atom is 0.137 e. The summed E-state index contributed by atoms with van der Waals surface area (Å²) in [5.74, 6) is -0.165. The predicted molar refractivity (Wildman–Crippen MR) is 48.2 cm³/mol. The second-order valence-electron chi connectivity index (χ2n) is 2.56. The molecule has 11 heavy (non-hydrogen) atoms. The van der Waals surface area contributed by atoms with Crippen molar-refractivity contribution in [2.24, 2.45) is 0 Å². The third-order valence-electron chi connectivity index (χ3n) is 1.68. The first-order valence-electron chi connectivity index (χ1n) is 3.59. The van der Waals surface area contributed by atoms with Crippen LogP contribution in [0.1, 0.15) is 18.1 Å². The Morgan fingerprint density at radius 1 is 1.45 bits per heavy atom. The Morgan fingerprint density at radius 3 is 2.55 bits per heavy atom. The number of hydrogen-bond acceptors (Lipinski definition) is 0. The van der Waals surface area contributed by atoms with Crippen LogP contribution in [0, 0.1) is 12.7 Å². The van der Waals surface area contributed by atoms with E-state index < -0.39 is 0 Å². The lowest BCUT2D eigenvalue weighted by Gasteiger charge is -2.02. The fourth-order valence-electron chi connectivity index (χ4n) is 1.00. The van der Waals surface area contributed by atoms with E-state index in [9.17, 15) is 4.39 Å². The van der Waals surface area contributed by atoms with Gasteiger partial charge in [0.25, 0.3) is 0 Å². The standard InChI is InChI=1S/C9H10BrF/c1-3-7-4-6(2)9(10)8(11)5-7/h4-5H,3H2,1-2H3. The van der Waals surface area contributed by atoms with Crippen LogP contribution in [0.2, 0.25) is 0 Å². The average Bonchev–Trinajstić information content (AvgIpc) is 1.99. The Labute approximate surface area is 74.6 Å². The molecule has 60 valence electrons. The number of benzene rings is 1. The monoisotopic (exact) mass is 216 g/mol. The highest BCUT2D eigenvalue weighted by Crippen LogP contribution is 2.21. The molecule has 0 amide bonds. The Balaban J connectivity index is 3.21. The normalized spacial score (nSPS) is 10.2. The molecule has 0 bridgehead atoms. The summed E-state index contributed by atoms with van der Waals surface area (Å²) < 4.78 is 13.6. The largest absolute Gasteiger partial charge is 0.206 e. The summed E-state index contributed by atoms with van der Waals surface area (Å²) in [6.07, 6.45) is 0.880. The van der Waals surface area contributed by atoms with Crippen LogP contribution in [0.25, 0.3) is 0 Å². The summed E-state index contributed by atoms with van der Waals surface area (Å²) in [5.41, 5.74) is 2.00. The first kappa shape index (κ1) is 8.72. The van der Waals surface area contributed by atoms with Crippen LogP contribution in [-0.2, 0) is 6.42 Å². The maximum absolute atomic E-state index is 13.0. The summed E-state index contributed by atoms with van der Waals surface area (Å²) in [5, 5.41) is 0. The van der Waals surface area contributed by atoms with Gasteiger partial charge < -0.3 is 0 Å². The Bertz CT molecular complexity index is 245. The SMILES string of the molecule is CCc1cc(C)c(Br)c(F)c1. The lowest BCUT2D eigenvalue weighted by atomic mass is 10.1. The fourth-order valence-corrected chi connectivity index (χ4v) is 1.23. The van der Waals surface area contributed by atoms with Crippen LogP contribution in [0.3, 0.4) is 0 Å². The van der Waals surface area contributed by atoms with Crippen molar-refractivity contribution in [3.05, 3.63) is 33.5 Å². The van der Waals surface area contributed by atoms with E-state index in [0.717, 1.165) is 17.5 Å². The van der Waals surface area contributed by atoms with Gasteiger partial charge in [-0.15, -0.1) is 0 Å². The minimum Gasteiger partial charge on any atom is -0.206 e. The van der Waals surface area contributed by atoms with Crippen molar-refractivity contribution in [2.45, 2.75) is 20.3 Å². The summed E-state index contributed by atoms with van der Waals surface area (Å²) in [6.45, 7) is 3.91. The van der Waals surface area contributed by atoms with E-state index in [-0.39, 0.29) is 5.82 Å². The number of aryl methyl sites for hydroxylation is 2. The summed E-state index contributed by atoms with van der Waals surface area (Å²) in [6, 6.07) is 3.56. The van der Waals surface area contributed by atoms with E-state index in [1.54, 1.807) is 6.07 Å². The molecule has 0 aromatic heterocycles. The van der Waals surface area contributed by atoms with Gasteiger partial charge in [-0.05, 0) is 46.5 Å². The molecule has 0 unspecified atom stereocenters. The van der Waals surface area contributed by atoms with Crippen LogP contribution >= 0.6 is 15.9 Å². The van der Waals surface area contributed by atoms with Gasteiger partial charge in [0.05, 0.1) is 4.47 Å². The van der Waals surface area contributed by atoms with Gasteiger partial charge in [-0.3, -0.25) is 0 Å². The minimum absolute atomic E-state index is 0.165. The lowest BCUT2D eigenvalue weighted by Crippen LogP contribution is -1.87. The Hall–Kier alpha value is -0.370. The van der Waals surface area contributed by atoms with Crippen molar-refractivity contribution >= 4 is 15.9 Å². The van der Waals surface area contributed by atoms with Gasteiger partial charge in [0.1, 0.15) is 5.82 Å². The van der Waals surface area contributed by atoms with Crippen molar-refractivity contribution < 1.29 is 4.39 Å². The van der Waals surface area contributed by atoms with Gasteiger partial charge in [-0.2, -0.15) is 0 Å². The van der Waals surface area contributed by atoms with Crippen LogP contribution < -0.4 is 0 Å². The zero-order valence-electron chi connectivity index (χ0n) is 6.62. The quantitative estimate of drug-likeness (QED) is 0.675. The number of hydrogen-bond donors (Lipinski definition) is 0. The molecule has 0 nitrogen and oxygen atoms in total. The highest BCUT2D eigenvalue weighted by molar-refractivity contribution is 9.10. The number of halogens is 2. The van der Waals surface area contributed by atoms with Gasteiger partial charge in [0.2, 0.25) is 0 Å². The third-order valence-corrected chi connectivity index (χ3v) is 2.68. The molecule has 1 rings (SSSR count). The summed E-state index contributed by atoms with van der Waals surface area (Å²) in [4.78, 5) is 0. The second-order valence-corrected chi connectivity index (χ2v) is 3.36. The van der Waals surface area contributed by atoms with Gasteiger partial charge in [-0.25, -0.2) is 4.39 Å². The molecule has 0 atom stereocenters. The molecular weight excluding hydrogens is 207 g/mol. The third kappa shape index (κ3) is 1.80. The molecule has 0 aliphatic carbocycles. The highest BCUT2D eigenvalue weighted by Gasteiger charge is 2.03. The van der Waals surface area contributed by atoms with Gasteiger partial charge in [0.15, 0.2) is 0 Å². The maximum atomic E-state index is 13.0. The Kier molecular flexibility index (Phi) is 2.66. The molecule has 0 saturated heterocycles. The van der Waals surface area contributed by atoms with E-state index in [1.165, 1.54) is 0 Å². The van der Waals surface area contributed by atoms with Crippen LogP contribution in [0.15, 0.2) is 16.6 Å². The number of rotatable bonds is 1. The molecule has 0 aliphatic heterocycles. The topological polar surface area (TPSA) is 0 Å². The van der Waals surface area contributed by atoms with E-state index >= 15 is 0 Å². The second kappa shape index (κ2) is 3.35. The van der Waals surface area contributed by atoms with Crippen molar-refractivity contribution in [1.82, 2.24) is 0 Å². The smallest absolute Gasteiger partial charge is 0.137 e. The van der Waals surface area contributed by atoms with E-state index in [2.05, 4.69) is 15.9 Å². The fraction of sp³-hybridized carbons (Fsp3) is 0.333. The summed E-state index contributed by atoms with van der Waals surface area (Å²) in [7, 11) is 0. The molecule has 0 saturated carbocycles. The molecular formula is C9H10BrF. The van der Waals surface area contributed by atoms with Crippen molar-refractivity contribution in [3.8, 4) is 0 Å². The van der Waals surface area contributed by atoms with Crippen molar-refractivity contribution in [3.63, 3.8) is 0 Å². The molecule has 0 aliphatic rings. The highest BCUT2D eigenvalue weighted by atomic mass is 79.9. The summed E-state index contributed by atoms with van der Waals surface area (Å²) >= 11 is 3.17. The van der Waals surface area contributed by atoms with Crippen LogP contribution in [0.5, 0.6) is 0 Å². The predicted octanol–water partition coefficient (Wildman–Crippen LogP) is 3.46. The molecule has 2 heteroatoms. The van der Waals surface area contributed by atoms with Crippen molar-refractivity contribution in [2.75, 3.05) is 0 Å². The lowest BCUT2D eigenvalue weighted by molar-refractivity contribution is 0.617. The first-order valence-corrected chi connectivity index (χ1v) is 4.39. The van der Waals surface area contributed by atoms with Crippen LogP contribution in [-0.4, -0.2) is 0 Å². The van der Waals surface area contributed by atoms with Gasteiger partial charge in [-0.1, -0.05) is 13.0 Å². The molecule has 1 aromatic rings. The van der Waals surface area contributed by atoms with Crippen molar-refractivity contribution in [1.29, 1.82) is 0 Å². The van der Waals surface area contributed by atoms with Gasteiger partial charge >= 0.3 is 0 Å². The average molecular weight is 217 g/mol. The molecule has 0 spiro atoms. The van der Waals surface area contributed by atoms with Crippen LogP contribution in [0.4, 0.5) is 4.39 Å². The van der Waals surface area contributed by atoms with E-state index in [0.29, 0.717) is 4.47 Å². The van der Waals surface area contributed by atoms with Gasteiger partial charge in [0, 0.05) is 0 Å². The van der Waals surface area contributed by atoms with E-state index in [1.807, 2.05) is 19.9 Å². The molecule has 0 N–H and O–H groups in total. The van der Waals surface area contributed by atoms with E-state index in [4.69, 9.17) is 0 Å². The zero-order chi connectivity index (χ0) is 8.43. The molecule has 1 aromatic carbocycles. The molecule has 0 heterocycles. The molecule has 0 fully saturated rings. The first-order chi connectivity index (χ1) is 5.15. The minimum atomic E-state index is -0.165. The zero-order valence-corrected chi connectivity index (χ0v) is 8.20.